The lowest BCUT2D eigenvalue weighted by Gasteiger charge is -2.11. The predicted octanol–water partition coefficient (Wildman–Crippen LogP) is 3.94. The molecule has 1 N–H and O–H groups in total. The van der Waals surface area contributed by atoms with Crippen LogP contribution >= 0.6 is 15.9 Å². The fourth-order valence-corrected chi connectivity index (χ4v) is 2.39. The maximum Gasteiger partial charge on any atom is 0.170 e. The van der Waals surface area contributed by atoms with Gasteiger partial charge in [-0.25, -0.2) is 0 Å². The summed E-state index contributed by atoms with van der Waals surface area (Å²) in [6.07, 6.45) is 4.46. The summed E-state index contributed by atoms with van der Waals surface area (Å²) >= 11 is 3.38. The number of phenols is 1. The number of phenolic OH excluding ortho intramolecular Hbond substituents is 1. The molecule has 0 heterocycles. The van der Waals surface area contributed by atoms with Crippen molar-refractivity contribution in [3.8, 4) is 17.2 Å². The number of Topliss-reactive ketones (excluding diaryl/α,β-unsaturated/α-hetero) is 1. The standard InChI is InChI=1S/C15H21BrO4/c1-19-11-9-13(18)15(14(10-11)20-2)12(17)7-5-3-4-6-8-16/h9-10,18H,3-8H2,1-2H3. The minimum absolute atomic E-state index is 0.0911. The monoisotopic (exact) mass is 344 g/mol. The molecular weight excluding hydrogens is 324 g/mol. The van der Waals surface area contributed by atoms with Gasteiger partial charge in [0.2, 0.25) is 0 Å². The molecule has 0 aliphatic carbocycles. The molecule has 0 atom stereocenters. The average Bonchev–Trinajstić information content (AvgIpc) is 2.45. The highest BCUT2D eigenvalue weighted by Gasteiger charge is 2.18. The van der Waals surface area contributed by atoms with Gasteiger partial charge in [0, 0.05) is 23.9 Å². The number of carbonyl (C=O) groups excluding carboxylic acids is 1. The minimum atomic E-state index is -0.0964. The minimum Gasteiger partial charge on any atom is -0.507 e. The molecule has 1 aromatic carbocycles. The van der Waals surface area contributed by atoms with Crippen LogP contribution < -0.4 is 9.47 Å². The average molecular weight is 345 g/mol. The molecular formula is C15H21BrO4. The summed E-state index contributed by atoms with van der Waals surface area (Å²) in [7, 11) is 2.97. The van der Waals surface area contributed by atoms with Gasteiger partial charge in [-0.1, -0.05) is 28.8 Å². The van der Waals surface area contributed by atoms with E-state index in [9.17, 15) is 9.90 Å². The Hall–Kier alpha value is -1.23. The molecule has 5 heteroatoms. The molecule has 0 amide bonds. The van der Waals surface area contributed by atoms with E-state index in [0.717, 1.165) is 31.0 Å². The van der Waals surface area contributed by atoms with Crippen LogP contribution in [0.25, 0.3) is 0 Å². The Morgan fingerprint density at radius 1 is 1.15 bits per heavy atom. The molecule has 1 aromatic rings. The molecule has 0 saturated carbocycles. The van der Waals surface area contributed by atoms with Crippen molar-refractivity contribution in [1.29, 1.82) is 0 Å². The Bertz CT molecular complexity index is 446. The van der Waals surface area contributed by atoms with Gasteiger partial charge in [0.25, 0.3) is 0 Å². The molecule has 0 spiro atoms. The highest BCUT2D eigenvalue weighted by atomic mass is 79.9. The number of carbonyl (C=O) groups is 1. The van der Waals surface area contributed by atoms with Crippen LogP contribution in [0.4, 0.5) is 0 Å². The highest BCUT2D eigenvalue weighted by Crippen LogP contribution is 2.34. The Labute approximate surface area is 128 Å². The molecule has 4 nitrogen and oxygen atoms in total. The van der Waals surface area contributed by atoms with Crippen molar-refractivity contribution in [2.24, 2.45) is 0 Å². The van der Waals surface area contributed by atoms with E-state index in [4.69, 9.17) is 9.47 Å². The van der Waals surface area contributed by atoms with Crippen molar-refractivity contribution in [3.05, 3.63) is 17.7 Å². The number of unbranched alkanes of at least 4 members (excludes halogenated alkanes) is 3. The molecule has 0 aliphatic heterocycles. The van der Waals surface area contributed by atoms with Gasteiger partial charge in [-0.05, 0) is 12.8 Å². The van der Waals surface area contributed by atoms with Gasteiger partial charge >= 0.3 is 0 Å². The van der Waals surface area contributed by atoms with Gasteiger partial charge in [-0.15, -0.1) is 0 Å². The van der Waals surface area contributed by atoms with Crippen LogP contribution in [-0.4, -0.2) is 30.4 Å². The van der Waals surface area contributed by atoms with Crippen LogP contribution in [0.2, 0.25) is 0 Å². The maximum absolute atomic E-state index is 12.2. The quantitative estimate of drug-likeness (QED) is 0.418. The summed E-state index contributed by atoms with van der Waals surface area (Å²) in [4.78, 5) is 12.2. The van der Waals surface area contributed by atoms with E-state index in [-0.39, 0.29) is 17.1 Å². The van der Waals surface area contributed by atoms with E-state index >= 15 is 0 Å². The summed E-state index contributed by atoms with van der Waals surface area (Å²) in [6, 6.07) is 3.04. The van der Waals surface area contributed by atoms with Crippen LogP contribution in [-0.2, 0) is 0 Å². The van der Waals surface area contributed by atoms with Crippen molar-refractivity contribution in [3.63, 3.8) is 0 Å². The Balaban J connectivity index is 2.72. The van der Waals surface area contributed by atoms with Gasteiger partial charge in [0.15, 0.2) is 5.78 Å². The van der Waals surface area contributed by atoms with Crippen molar-refractivity contribution in [2.75, 3.05) is 19.5 Å². The second kappa shape index (κ2) is 8.84. The number of hydrogen-bond donors (Lipinski definition) is 1. The molecule has 0 bridgehead atoms. The van der Waals surface area contributed by atoms with E-state index in [0.29, 0.717) is 17.9 Å². The second-order valence-corrected chi connectivity index (χ2v) is 5.29. The second-order valence-electron chi connectivity index (χ2n) is 4.50. The van der Waals surface area contributed by atoms with E-state index in [1.165, 1.54) is 20.3 Å². The molecule has 0 radical (unpaired) electrons. The van der Waals surface area contributed by atoms with Crippen LogP contribution in [0.15, 0.2) is 12.1 Å². The molecule has 0 fully saturated rings. The fraction of sp³-hybridized carbons (Fsp3) is 0.533. The molecule has 0 aromatic heterocycles. The number of aromatic hydroxyl groups is 1. The summed E-state index contributed by atoms with van der Waals surface area (Å²) in [6.45, 7) is 0. The van der Waals surface area contributed by atoms with Gasteiger partial charge in [-0.2, -0.15) is 0 Å². The Morgan fingerprint density at radius 3 is 2.45 bits per heavy atom. The third-order valence-corrected chi connectivity index (χ3v) is 3.64. The first-order valence-corrected chi connectivity index (χ1v) is 7.80. The number of hydrogen-bond acceptors (Lipinski definition) is 4. The zero-order valence-electron chi connectivity index (χ0n) is 11.9. The Morgan fingerprint density at radius 2 is 1.85 bits per heavy atom. The zero-order chi connectivity index (χ0) is 15.0. The molecule has 0 aliphatic rings. The van der Waals surface area contributed by atoms with Crippen molar-refractivity contribution >= 4 is 21.7 Å². The first-order chi connectivity index (χ1) is 9.63. The number of halogens is 1. The number of rotatable bonds is 9. The summed E-state index contributed by atoms with van der Waals surface area (Å²) in [5.74, 6) is 0.632. The topological polar surface area (TPSA) is 55.8 Å². The number of methoxy groups -OCH3 is 2. The van der Waals surface area contributed by atoms with E-state index in [1.807, 2.05) is 0 Å². The lowest BCUT2D eigenvalue weighted by molar-refractivity contribution is 0.0973. The van der Waals surface area contributed by atoms with Crippen LogP contribution in [0.3, 0.4) is 0 Å². The molecule has 1 rings (SSSR count). The van der Waals surface area contributed by atoms with Crippen molar-refractivity contribution in [1.82, 2.24) is 0 Å². The maximum atomic E-state index is 12.2. The summed E-state index contributed by atoms with van der Waals surface area (Å²) in [5, 5.41) is 11.0. The van der Waals surface area contributed by atoms with Crippen LogP contribution in [0, 0.1) is 0 Å². The molecule has 112 valence electrons. The number of ether oxygens (including phenoxy) is 2. The molecule has 0 unspecified atom stereocenters. The smallest absolute Gasteiger partial charge is 0.170 e. The molecule has 0 saturated heterocycles. The third-order valence-electron chi connectivity index (χ3n) is 3.08. The van der Waals surface area contributed by atoms with Gasteiger partial charge < -0.3 is 14.6 Å². The van der Waals surface area contributed by atoms with E-state index < -0.39 is 0 Å². The fourth-order valence-electron chi connectivity index (χ4n) is 1.99. The summed E-state index contributed by atoms with van der Waals surface area (Å²) < 4.78 is 10.2. The van der Waals surface area contributed by atoms with Crippen LogP contribution in [0.1, 0.15) is 42.5 Å². The first kappa shape index (κ1) is 16.8. The lowest BCUT2D eigenvalue weighted by Crippen LogP contribution is -2.03. The summed E-state index contributed by atoms with van der Waals surface area (Å²) in [5.41, 5.74) is 0.244. The number of benzene rings is 1. The van der Waals surface area contributed by atoms with E-state index in [1.54, 1.807) is 6.07 Å². The first-order valence-electron chi connectivity index (χ1n) is 6.68. The largest absolute Gasteiger partial charge is 0.507 e. The van der Waals surface area contributed by atoms with Crippen LogP contribution in [0.5, 0.6) is 17.2 Å². The number of alkyl halides is 1. The number of ketones is 1. The SMILES string of the molecule is COc1cc(O)c(C(=O)CCCCCCBr)c(OC)c1. The lowest BCUT2D eigenvalue weighted by atomic mass is 10.0. The predicted molar refractivity (Wildman–Crippen MR) is 82.4 cm³/mol. The normalized spacial score (nSPS) is 10.3. The van der Waals surface area contributed by atoms with E-state index in [2.05, 4.69) is 15.9 Å². The highest BCUT2D eigenvalue weighted by molar-refractivity contribution is 9.09. The van der Waals surface area contributed by atoms with Crippen molar-refractivity contribution < 1.29 is 19.4 Å². The van der Waals surface area contributed by atoms with Gasteiger partial charge in [0.1, 0.15) is 22.8 Å². The van der Waals surface area contributed by atoms with Gasteiger partial charge in [0.05, 0.1) is 14.2 Å². The Kier molecular flexibility index (Phi) is 7.44. The zero-order valence-corrected chi connectivity index (χ0v) is 13.5. The van der Waals surface area contributed by atoms with Gasteiger partial charge in [-0.3, -0.25) is 4.79 Å². The van der Waals surface area contributed by atoms with Crippen molar-refractivity contribution in [2.45, 2.75) is 32.1 Å². The molecule has 20 heavy (non-hydrogen) atoms. The third kappa shape index (κ3) is 4.71.